The molecule has 2 amide bonds. The monoisotopic (exact) mass is 450 g/mol. The molecule has 10 heteroatoms. The van der Waals surface area contributed by atoms with E-state index in [0.717, 1.165) is 65.4 Å². The fourth-order valence-corrected chi connectivity index (χ4v) is 4.32. The fraction of sp³-hybridized carbons (Fsp3) is 0.435. The zero-order valence-corrected chi connectivity index (χ0v) is 19.6. The van der Waals surface area contributed by atoms with Gasteiger partial charge in [0.2, 0.25) is 11.8 Å². The summed E-state index contributed by atoms with van der Waals surface area (Å²) >= 11 is 0. The Balaban J connectivity index is 1.24. The number of nitrogens with one attached hydrogen (secondary N) is 2. The lowest BCUT2D eigenvalue weighted by Crippen LogP contribution is -2.50. The molecule has 3 heterocycles. The highest BCUT2D eigenvalue weighted by molar-refractivity contribution is 5.96. The lowest BCUT2D eigenvalue weighted by atomic mass is 10.1. The molecule has 0 aliphatic carbocycles. The molecule has 33 heavy (non-hydrogen) atoms. The van der Waals surface area contributed by atoms with Crippen molar-refractivity contribution in [2.45, 2.75) is 20.8 Å². The van der Waals surface area contributed by atoms with Crippen molar-refractivity contribution in [1.29, 1.82) is 0 Å². The number of carbonyl (C=O) groups excluding carboxylic acids is 2. The maximum atomic E-state index is 12.4. The molecule has 0 radical (unpaired) electrons. The zero-order valence-electron chi connectivity index (χ0n) is 19.6. The second-order valence-corrected chi connectivity index (χ2v) is 8.56. The molecule has 1 aromatic carbocycles. The van der Waals surface area contributed by atoms with Crippen LogP contribution >= 0.6 is 0 Å². The molecule has 4 rings (SSSR count). The van der Waals surface area contributed by atoms with Gasteiger partial charge in [0.15, 0.2) is 5.65 Å². The molecule has 2 aromatic heterocycles. The predicted octanol–water partition coefficient (Wildman–Crippen LogP) is 1.17. The third-order valence-electron chi connectivity index (χ3n) is 5.94. The van der Waals surface area contributed by atoms with E-state index in [0.29, 0.717) is 0 Å². The Morgan fingerprint density at radius 3 is 2.39 bits per heavy atom. The number of hydrogen-bond donors (Lipinski definition) is 2. The largest absolute Gasteiger partial charge is 0.353 e. The van der Waals surface area contributed by atoms with E-state index in [4.69, 9.17) is 0 Å². The first kappa shape index (κ1) is 22.7. The number of anilines is 2. The Kier molecular flexibility index (Phi) is 6.55. The molecule has 2 N–H and O–H groups in total. The van der Waals surface area contributed by atoms with Crippen LogP contribution in [0.3, 0.4) is 0 Å². The van der Waals surface area contributed by atoms with Gasteiger partial charge in [-0.2, -0.15) is 5.10 Å². The normalized spacial score (nSPS) is 14.5. The van der Waals surface area contributed by atoms with E-state index in [-0.39, 0.29) is 24.9 Å². The average Bonchev–Trinajstić information content (AvgIpc) is 3.16. The van der Waals surface area contributed by atoms with Crippen LogP contribution < -0.4 is 15.5 Å². The van der Waals surface area contributed by atoms with E-state index in [1.54, 1.807) is 17.2 Å². The van der Waals surface area contributed by atoms with Crippen molar-refractivity contribution in [3.8, 4) is 0 Å². The van der Waals surface area contributed by atoms with Crippen molar-refractivity contribution >= 4 is 34.4 Å². The van der Waals surface area contributed by atoms with Gasteiger partial charge in [-0.25, -0.2) is 9.97 Å². The molecule has 1 aliphatic heterocycles. The standard InChI is InChI=1S/C23H30N8O2/c1-15-9-16(2)21(17(3)10-15)28-19(32)12-24-20(33)13-30-5-7-31(8-6-30)23-18-11-27-29(4)22(18)25-14-26-23/h9-11,14H,5-8,12-13H2,1-4H3,(H,24,33)(H,28,32). The van der Waals surface area contributed by atoms with Gasteiger partial charge in [-0.15, -0.1) is 0 Å². The zero-order chi connectivity index (χ0) is 23.5. The first-order valence-electron chi connectivity index (χ1n) is 11.1. The van der Waals surface area contributed by atoms with Crippen LogP contribution in [0.2, 0.25) is 0 Å². The van der Waals surface area contributed by atoms with Gasteiger partial charge in [-0.1, -0.05) is 17.7 Å². The number of fused-ring (bicyclic) bond motifs is 1. The summed E-state index contributed by atoms with van der Waals surface area (Å²) in [7, 11) is 1.86. The smallest absolute Gasteiger partial charge is 0.243 e. The fourth-order valence-electron chi connectivity index (χ4n) is 4.32. The number of carbonyl (C=O) groups is 2. The minimum atomic E-state index is -0.229. The van der Waals surface area contributed by atoms with Crippen LogP contribution in [-0.2, 0) is 16.6 Å². The molecular formula is C23H30N8O2. The summed E-state index contributed by atoms with van der Waals surface area (Å²) in [6.07, 6.45) is 3.35. The molecule has 0 saturated carbocycles. The number of benzene rings is 1. The number of nitrogens with zero attached hydrogens (tertiary/aromatic N) is 6. The highest BCUT2D eigenvalue weighted by Crippen LogP contribution is 2.23. The topological polar surface area (TPSA) is 108 Å². The van der Waals surface area contributed by atoms with Crippen molar-refractivity contribution < 1.29 is 9.59 Å². The third kappa shape index (κ3) is 5.11. The van der Waals surface area contributed by atoms with Crippen molar-refractivity contribution in [2.75, 3.05) is 49.5 Å². The molecule has 1 aliphatic rings. The number of aromatic nitrogens is 4. The lowest BCUT2D eigenvalue weighted by Gasteiger charge is -2.35. The van der Waals surface area contributed by atoms with Crippen molar-refractivity contribution in [1.82, 2.24) is 30.0 Å². The van der Waals surface area contributed by atoms with E-state index in [9.17, 15) is 9.59 Å². The first-order valence-corrected chi connectivity index (χ1v) is 11.1. The van der Waals surface area contributed by atoms with Gasteiger partial charge in [-0.3, -0.25) is 19.2 Å². The highest BCUT2D eigenvalue weighted by atomic mass is 16.2. The number of amides is 2. The summed E-state index contributed by atoms with van der Waals surface area (Å²) < 4.78 is 1.73. The van der Waals surface area contributed by atoms with Crippen LogP contribution in [0.1, 0.15) is 16.7 Å². The minimum Gasteiger partial charge on any atom is -0.353 e. The van der Waals surface area contributed by atoms with E-state index >= 15 is 0 Å². The molecule has 0 spiro atoms. The molecule has 174 valence electrons. The number of aryl methyl sites for hydroxylation is 4. The van der Waals surface area contributed by atoms with Gasteiger partial charge in [0, 0.05) is 38.9 Å². The Hall–Kier alpha value is -3.53. The van der Waals surface area contributed by atoms with Crippen LogP contribution in [-0.4, -0.2) is 75.7 Å². The number of rotatable bonds is 6. The molecule has 1 fully saturated rings. The highest BCUT2D eigenvalue weighted by Gasteiger charge is 2.22. The third-order valence-corrected chi connectivity index (χ3v) is 5.94. The summed E-state index contributed by atoms with van der Waals surface area (Å²) in [6, 6.07) is 4.06. The average molecular weight is 451 g/mol. The Morgan fingerprint density at radius 2 is 1.70 bits per heavy atom. The summed E-state index contributed by atoms with van der Waals surface area (Å²) in [5.41, 5.74) is 4.79. The summed E-state index contributed by atoms with van der Waals surface area (Å²) in [5, 5.41) is 10.8. The molecule has 10 nitrogen and oxygen atoms in total. The Bertz CT molecular complexity index is 1160. The van der Waals surface area contributed by atoms with E-state index in [1.807, 2.05) is 40.0 Å². The second-order valence-electron chi connectivity index (χ2n) is 8.56. The number of piperazine rings is 1. The maximum absolute atomic E-state index is 12.4. The Labute approximate surface area is 193 Å². The van der Waals surface area contributed by atoms with E-state index in [2.05, 4.69) is 35.5 Å². The van der Waals surface area contributed by atoms with Gasteiger partial charge in [0.05, 0.1) is 24.7 Å². The van der Waals surface area contributed by atoms with E-state index < -0.39 is 0 Å². The van der Waals surface area contributed by atoms with Crippen molar-refractivity contribution in [3.05, 3.63) is 41.3 Å². The first-order chi connectivity index (χ1) is 15.8. The quantitative estimate of drug-likeness (QED) is 0.580. The molecule has 1 saturated heterocycles. The van der Waals surface area contributed by atoms with Gasteiger partial charge in [0.1, 0.15) is 12.1 Å². The van der Waals surface area contributed by atoms with E-state index in [1.165, 1.54) is 0 Å². The van der Waals surface area contributed by atoms with Crippen LogP contribution in [0.5, 0.6) is 0 Å². The van der Waals surface area contributed by atoms with Crippen molar-refractivity contribution in [2.24, 2.45) is 7.05 Å². The van der Waals surface area contributed by atoms with Gasteiger partial charge >= 0.3 is 0 Å². The van der Waals surface area contributed by atoms with Crippen LogP contribution in [0.4, 0.5) is 11.5 Å². The van der Waals surface area contributed by atoms with Gasteiger partial charge < -0.3 is 15.5 Å². The number of hydrogen-bond acceptors (Lipinski definition) is 7. The van der Waals surface area contributed by atoms with Crippen LogP contribution in [0.25, 0.3) is 11.0 Å². The molecule has 0 unspecified atom stereocenters. The molecule has 3 aromatic rings. The molecular weight excluding hydrogens is 420 g/mol. The molecule has 0 atom stereocenters. The SMILES string of the molecule is Cc1cc(C)c(NC(=O)CNC(=O)CN2CCN(c3ncnc4c3cnn4C)CC2)c(C)c1. The summed E-state index contributed by atoms with van der Waals surface area (Å²) in [5.74, 6) is 0.482. The van der Waals surface area contributed by atoms with Crippen LogP contribution in [0, 0.1) is 20.8 Å². The molecule has 0 bridgehead atoms. The Morgan fingerprint density at radius 1 is 1.00 bits per heavy atom. The van der Waals surface area contributed by atoms with Crippen molar-refractivity contribution in [3.63, 3.8) is 0 Å². The van der Waals surface area contributed by atoms with Gasteiger partial charge in [-0.05, 0) is 31.9 Å². The van der Waals surface area contributed by atoms with Crippen LogP contribution in [0.15, 0.2) is 24.7 Å². The predicted molar refractivity (Wildman–Crippen MR) is 127 cm³/mol. The summed E-state index contributed by atoms with van der Waals surface area (Å²) in [4.78, 5) is 37.8. The maximum Gasteiger partial charge on any atom is 0.243 e. The summed E-state index contributed by atoms with van der Waals surface area (Å²) in [6.45, 7) is 9.13. The van der Waals surface area contributed by atoms with Gasteiger partial charge in [0.25, 0.3) is 0 Å². The second kappa shape index (κ2) is 9.53. The lowest BCUT2D eigenvalue weighted by molar-refractivity contribution is -0.125. The minimum absolute atomic E-state index is 0.0501.